The molecule has 52 heavy (non-hydrogen) atoms. The number of carboxylic acid groups (broad SMARTS) is 1. The summed E-state index contributed by atoms with van der Waals surface area (Å²) in [5.74, 6) is -1.94. The fourth-order valence-corrected chi connectivity index (χ4v) is 9.13. The Labute approximate surface area is 306 Å². The lowest BCUT2D eigenvalue weighted by molar-refractivity contribution is -0.437. The number of para-hydroxylation sites is 1. The van der Waals surface area contributed by atoms with Crippen molar-refractivity contribution in [1.29, 1.82) is 0 Å². The molecule has 0 aromatic heterocycles. The number of carbonyl (C=O) groups is 1. The topological polar surface area (TPSA) is 209 Å². The van der Waals surface area contributed by atoms with Crippen LogP contribution in [-0.2, 0) is 46.0 Å². The summed E-state index contributed by atoms with van der Waals surface area (Å²) < 4.78 is 104. The minimum Gasteiger partial charge on any atom is -0.748 e. The van der Waals surface area contributed by atoms with Gasteiger partial charge in [-0.2, -0.15) is 21.4 Å². The van der Waals surface area contributed by atoms with E-state index in [2.05, 4.69) is 13.8 Å². The van der Waals surface area contributed by atoms with Crippen LogP contribution < -0.4 is 4.90 Å². The number of benzene rings is 2. The molecule has 16 heteroatoms. The number of carboxylic acids is 1. The zero-order chi connectivity index (χ0) is 38.5. The average Bonchev–Trinajstić information content (AvgIpc) is 3.39. The van der Waals surface area contributed by atoms with Crippen molar-refractivity contribution in [3.63, 3.8) is 0 Å². The van der Waals surface area contributed by atoms with E-state index in [1.807, 2.05) is 47.9 Å². The molecule has 2 aliphatic heterocycles. The lowest BCUT2D eigenvalue weighted by Gasteiger charge is -2.31. The van der Waals surface area contributed by atoms with Gasteiger partial charge < -0.3 is 14.6 Å². The van der Waals surface area contributed by atoms with E-state index in [9.17, 15) is 43.7 Å². The highest BCUT2D eigenvalue weighted by Gasteiger charge is 2.46. The van der Waals surface area contributed by atoms with Crippen molar-refractivity contribution >= 4 is 53.4 Å². The Morgan fingerprint density at radius 3 is 2.23 bits per heavy atom. The second-order valence-electron chi connectivity index (χ2n) is 13.8. The maximum Gasteiger partial charge on any atom is 0.303 e. The zero-order valence-electron chi connectivity index (χ0n) is 29.4. The van der Waals surface area contributed by atoms with Gasteiger partial charge in [-0.05, 0) is 58.2 Å². The van der Waals surface area contributed by atoms with Gasteiger partial charge in [-0.15, -0.1) is 0 Å². The number of anilines is 1. The van der Waals surface area contributed by atoms with E-state index < -0.39 is 52.9 Å². The Morgan fingerprint density at radius 1 is 0.865 bits per heavy atom. The van der Waals surface area contributed by atoms with Crippen molar-refractivity contribution in [3.8, 4) is 0 Å². The Balaban J connectivity index is 1.75. The van der Waals surface area contributed by atoms with Crippen molar-refractivity contribution in [3.05, 3.63) is 89.7 Å². The minimum absolute atomic E-state index is 0.0179. The number of rotatable bonds is 18. The number of aliphatic carboxylic acids is 1. The molecule has 1 unspecified atom stereocenters. The van der Waals surface area contributed by atoms with E-state index in [0.717, 1.165) is 17.0 Å². The third-order valence-corrected chi connectivity index (χ3v) is 12.1. The van der Waals surface area contributed by atoms with E-state index in [-0.39, 0.29) is 36.5 Å². The number of nitrogens with zero attached hydrogens (tertiary/aromatic N) is 2. The fraction of sp³-hybridized carbons (Fsp3) is 0.444. The molecule has 0 aliphatic carbocycles. The van der Waals surface area contributed by atoms with Gasteiger partial charge in [-0.1, -0.05) is 55.3 Å². The van der Waals surface area contributed by atoms with Gasteiger partial charge in [0.05, 0.1) is 21.3 Å². The largest absolute Gasteiger partial charge is 0.748 e. The lowest BCUT2D eigenvalue weighted by Crippen LogP contribution is -2.30. The van der Waals surface area contributed by atoms with Crippen molar-refractivity contribution in [2.45, 2.75) is 81.4 Å². The Bertz CT molecular complexity index is 2140. The predicted molar refractivity (Wildman–Crippen MR) is 198 cm³/mol. The highest BCUT2D eigenvalue weighted by atomic mass is 32.2. The van der Waals surface area contributed by atoms with Crippen LogP contribution in [0.5, 0.6) is 0 Å². The van der Waals surface area contributed by atoms with Gasteiger partial charge in [0.2, 0.25) is 5.69 Å². The third kappa shape index (κ3) is 9.85. The first-order valence-electron chi connectivity index (χ1n) is 17.0. The van der Waals surface area contributed by atoms with E-state index in [0.29, 0.717) is 49.2 Å². The van der Waals surface area contributed by atoms with Crippen LogP contribution in [0.3, 0.4) is 0 Å². The molecule has 0 spiro atoms. The molecule has 0 saturated heterocycles. The fourth-order valence-electron chi connectivity index (χ4n) is 7.31. The Kier molecular flexibility index (Phi) is 12.8. The molecule has 13 nitrogen and oxygen atoms in total. The molecule has 1 atom stereocenters. The van der Waals surface area contributed by atoms with Gasteiger partial charge in [0.1, 0.15) is 11.4 Å². The third-order valence-electron chi connectivity index (χ3n) is 9.64. The lowest BCUT2D eigenvalue weighted by atomic mass is 9.77. The first-order chi connectivity index (χ1) is 24.2. The van der Waals surface area contributed by atoms with Crippen LogP contribution in [-0.4, -0.2) is 84.9 Å². The summed E-state index contributed by atoms with van der Waals surface area (Å²) in [5.41, 5.74) is 2.83. The highest BCUT2D eigenvalue weighted by molar-refractivity contribution is 7.86. The standard InChI is InChI=1S/C36H46N2O11S3/c1-35(2)27-15-9-10-16-28(27)37(23-13-25-50(41,42)43)31(35)19-6-4-7-20-32-36(3,22-11-5-8-21-33(39)40)34-29(17-12-18-30(34)52(47,48)49)38(32)24-14-26-51(44,45)46/h4,6-7,9-10,12,15-20H,5,8,11,13-14,21-26H2,1-3H3,(H3-,39,40,41,42,43,44,45,46,47,48,49). The van der Waals surface area contributed by atoms with Gasteiger partial charge in [-0.25, -0.2) is 8.42 Å². The normalized spacial score (nSPS) is 19.7. The zero-order valence-corrected chi connectivity index (χ0v) is 31.9. The maximum atomic E-state index is 12.7. The molecule has 3 N–H and O–H groups in total. The number of hydrogen-bond acceptors (Lipinski definition) is 9. The second-order valence-corrected chi connectivity index (χ2v) is 18.3. The van der Waals surface area contributed by atoms with Gasteiger partial charge >= 0.3 is 5.97 Å². The molecular formula is C36H46N2O11S3. The van der Waals surface area contributed by atoms with Crippen molar-refractivity contribution in [1.82, 2.24) is 0 Å². The molecule has 2 heterocycles. The van der Waals surface area contributed by atoms with Crippen LogP contribution in [0.25, 0.3) is 0 Å². The summed E-state index contributed by atoms with van der Waals surface area (Å²) in [6.07, 6.45) is 11.0. The summed E-state index contributed by atoms with van der Waals surface area (Å²) in [4.78, 5) is 12.6. The van der Waals surface area contributed by atoms with Gasteiger partial charge in [-0.3, -0.25) is 13.9 Å². The van der Waals surface area contributed by atoms with Crippen LogP contribution >= 0.6 is 0 Å². The van der Waals surface area contributed by atoms with Gasteiger partial charge in [0.25, 0.3) is 20.2 Å². The molecular weight excluding hydrogens is 733 g/mol. The molecule has 2 aliphatic rings. The number of unbranched alkanes of at least 4 members (excludes halogenated alkanes) is 2. The molecule has 0 bridgehead atoms. The molecule has 0 saturated carbocycles. The Morgan fingerprint density at radius 2 is 1.58 bits per heavy atom. The molecule has 2 aromatic carbocycles. The maximum absolute atomic E-state index is 12.7. The smallest absolute Gasteiger partial charge is 0.303 e. The van der Waals surface area contributed by atoms with Crippen LogP contribution in [0.4, 0.5) is 11.4 Å². The van der Waals surface area contributed by atoms with E-state index in [4.69, 9.17) is 5.11 Å². The summed E-state index contributed by atoms with van der Waals surface area (Å²) in [5, 5.41) is 9.09. The van der Waals surface area contributed by atoms with Crippen LogP contribution in [0, 0.1) is 0 Å². The second kappa shape index (κ2) is 16.1. The Hall–Kier alpha value is -3.67. The molecule has 284 valence electrons. The minimum atomic E-state index is -4.69. The number of hydrogen-bond donors (Lipinski definition) is 3. The molecule has 4 rings (SSSR count). The van der Waals surface area contributed by atoms with E-state index >= 15 is 0 Å². The first kappa shape index (κ1) is 41.1. The van der Waals surface area contributed by atoms with Crippen molar-refractivity contribution in [2.24, 2.45) is 0 Å². The van der Waals surface area contributed by atoms with Gasteiger partial charge in [0, 0.05) is 65.2 Å². The average molecular weight is 779 g/mol. The van der Waals surface area contributed by atoms with E-state index in [1.165, 1.54) is 12.1 Å². The van der Waals surface area contributed by atoms with E-state index in [1.54, 1.807) is 29.2 Å². The van der Waals surface area contributed by atoms with Crippen LogP contribution in [0.1, 0.15) is 76.8 Å². The number of fused-ring (bicyclic) bond motifs is 2. The first-order valence-corrected chi connectivity index (χ1v) is 21.6. The molecule has 0 fully saturated rings. The summed E-state index contributed by atoms with van der Waals surface area (Å²) in [6, 6.07) is 12.3. The summed E-state index contributed by atoms with van der Waals surface area (Å²) >= 11 is 0. The van der Waals surface area contributed by atoms with Crippen LogP contribution in [0.15, 0.2) is 83.4 Å². The molecule has 2 aromatic rings. The van der Waals surface area contributed by atoms with Crippen molar-refractivity contribution in [2.75, 3.05) is 29.5 Å². The molecule has 0 radical (unpaired) electrons. The quantitative estimate of drug-likeness (QED) is 0.0759. The SMILES string of the molecule is CC1(C)C(/C=C/C=C/C=C2/N(CCCS(=O)(=O)[O-])c3cccc(S(=O)(=O)O)c3C2(C)CCCCCC(=O)O)=[N+](CCCS(=O)(=O)O)c2ccccc21. The summed E-state index contributed by atoms with van der Waals surface area (Å²) in [6.45, 7) is 6.36. The van der Waals surface area contributed by atoms with Crippen molar-refractivity contribution < 1.29 is 53.4 Å². The number of allylic oxidation sites excluding steroid dienone is 6. The summed E-state index contributed by atoms with van der Waals surface area (Å²) in [7, 11) is -13.4. The monoisotopic (exact) mass is 778 g/mol. The predicted octanol–water partition coefficient (Wildman–Crippen LogP) is 5.33. The molecule has 0 amide bonds. The van der Waals surface area contributed by atoms with Crippen LogP contribution in [0.2, 0.25) is 0 Å². The van der Waals surface area contributed by atoms with Gasteiger partial charge in [0.15, 0.2) is 5.71 Å². The highest BCUT2D eigenvalue weighted by Crippen LogP contribution is 2.53.